The van der Waals surface area contributed by atoms with Gasteiger partial charge in [-0.3, -0.25) is 0 Å². The van der Waals surface area contributed by atoms with E-state index < -0.39 is 0 Å². The summed E-state index contributed by atoms with van der Waals surface area (Å²) in [6.07, 6.45) is 2.54. The molecule has 1 aliphatic carbocycles. The van der Waals surface area contributed by atoms with Gasteiger partial charge in [-0.1, -0.05) is 12.1 Å². The number of esters is 1. The summed E-state index contributed by atoms with van der Waals surface area (Å²) in [7, 11) is 3.62. The van der Waals surface area contributed by atoms with Gasteiger partial charge in [-0.2, -0.15) is 0 Å². The molecule has 3 heteroatoms. The SMILES string of the molecule is COC(=O)c1ccc(C23CCN(C)CC2C3)cc1. The summed E-state index contributed by atoms with van der Waals surface area (Å²) in [6.45, 7) is 2.38. The third-order valence-electron chi connectivity index (χ3n) is 4.58. The van der Waals surface area contributed by atoms with Crippen molar-refractivity contribution in [3.05, 3.63) is 35.4 Å². The number of rotatable bonds is 2. The predicted molar refractivity (Wildman–Crippen MR) is 69.7 cm³/mol. The zero-order valence-corrected chi connectivity index (χ0v) is 11.0. The molecule has 3 rings (SSSR count). The fourth-order valence-corrected chi connectivity index (χ4v) is 3.34. The van der Waals surface area contributed by atoms with Crippen LogP contribution in [0.4, 0.5) is 0 Å². The normalized spacial score (nSPS) is 30.7. The maximum Gasteiger partial charge on any atom is 0.337 e. The van der Waals surface area contributed by atoms with Crippen molar-refractivity contribution >= 4 is 5.97 Å². The first-order valence-electron chi connectivity index (χ1n) is 6.53. The van der Waals surface area contributed by atoms with Gasteiger partial charge in [0.05, 0.1) is 12.7 Å². The van der Waals surface area contributed by atoms with Crippen LogP contribution in [0.3, 0.4) is 0 Å². The Morgan fingerprint density at radius 1 is 1.39 bits per heavy atom. The minimum atomic E-state index is -0.255. The third-order valence-corrected chi connectivity index (χ3v) is 4.58. The highest BCUT2D eigenvalue weighted by molar-refractivity contribution is 5.89. The average molecular weight is 245 g/mol. The molecule has 0 spiro atoms. The number of hydrogen-bond acceptors (Lipinski definition) is 3. The summed E-state index contributed by atoms with van der Waals surface area (Å²) < 4.78 is 4.73. The molecule has 0 N–H and O–H groups in total. The molecule has 2 unspecified atom stereocenters. The molecule has 1 saturated carbocycles. The molecule has 2 atom stereocenters. The van der Waals surface area contributed by atoms with Crippen LogP contribution in [-0.2, 0) is 10.2 Å². The molecule has 18 heavy (non-hydrogen) atoms. The van der Waals surface area contributed by atoms with Crippen molar-refractivity contribution in [2.24, 2.45) is 5.92 Å². The van der Waals surface area contributed by atoms with Gasteiger partial charge in [-0.25, -0.2) is 4.79 Å². The molecular formula is C15H19NO2. The second-order valence-corrected chi connectivity index (χ2v) is 5.64. The van der Waals surface area contributed by atoms with Crippen molar-refractivity contribution in [1.82, 2.24) is 4.90 Å². The number of methoxy groups -OCH3 is 1. The molecule has 1 aromatic carbocycles. The van der Waals surface area contributed by atoms with Crippen LogP contribution in [0.25, 0.3) is 0 Å². The standard InChI is InChI=1S/C15H19NO2/c1-16-8-7-15(9-13(15)10-16)12-5-3-11(4-6-12)14(17)18-2/h3-6,13H,7-10H2,1-2H3. The Bertz CT molecular complexity index is 468. The number of nitrogens with zero attached hydrogens (tertiary/aromatic N) is 1. The van der Waals surface area contributed by atoms with E-state index in [1.807, 2.05) is 12.1 Å². The van der Waals surface area contributed by atoms with E-state index in [1.165, 1.54) is 38.6 Å². The number of carbonyl (C=O) groups excluding carboxylic acids is 1. The smallest absolute Gasteiger partial charge is 0.337 e. The van der Waals surface area contributed by atoms with Gasteiger partial charge in [0, 0.05) is 12.0 Å². The molecule has 1 saturated heterocycles. The summed E-state index contributed by atoms with van der Waals surface area (Å²) in [5, 5.41) is 0. The van der Waals surface area contributed by atoms with Gasteiger partial charge in [-0.15, -0.1) is 0 Å². The van der Waals surface area contributed by atoms with Crippen LogP contribution in [0.1, 0.15) is 28.8 Å². The zero-order chi connectivity index (χ0) is 12.8. The lowest BCUT2D eigenvalue weighted by atomic mass is 9.87. The van der Waals surface area contributed by atoms with Gasteiger partial charge >= 0.3 is 5.97 Å². The number of piperidine rings is 1. The second kappa shape index (κ2) is 4.09. The Kier molecular flexibility index (Phi) is 2.67. The molecule has 2 fully saturated rings. The van der Waals surface area contributed by atoms with E-state index in [4.69, 9.17) is 4.74 Å². The van der Waals surface area contributed by atoms with Crippen LogP contribution >= 0.6 is 0 Å². The van der Waals surface area contributed by atoms with E-state index in [-0.39, 0.29) is 5.97 Å². The monoisotopic (exact) mass is 245 g/mol. The van der Waals surface area contributed by atoms with E-state index >= 15 is 0 Å². The summed E-state index contributed by atoms with van der Waals surface area (Å²) in [6, 6.07) is 8.00. The van der Waals surface area contributed by atoms with Crippen molar-refractivity contribution in [3.8, 4) is 0 Å². The highest BCUT2D eigenvalue weighted by atomic mass is 16.5. The molecule has 0 radical (unpaired) electrons. The highest BCUT2D eigenvalue weighted by Gasteiger charge is 2.56. The van der Waals surface area contributed by atoms with E-state index in [9.17, 15) is 4.79 Å². The van der Waals surface area contributed by atoms with Gasteiger partial charge in [0.2, 0.25) is 0 Å². The van der Waals surface area contributed by atoms with Gasteiger partial charge in [0.15, 0.2) is 0 Å². The third kappa shape index (κ3) is 1.74. The molecule has 0 bridgehead atoms. The Labute approximate surface area is 108 Å². The second-order valence-electron chi connectivity index (χ2n) is 5.64. The summed E-state index contributed by atoms with van der Waals surface area (Å²) >= 11 is 0. The van der Waals surface area contributed by atoms with E-state index in [0.717, 1.165) is 5.92 Å². The molecule has 0 amide bonds. The van der Waals surface area contributed by atoms with Crippen LogP contribution in [-0.4, -0.2) is 38.1 Å². The topological polar surface area (TPSA) is 29.5 Å². The van der Waals surface area contributed by atoms with Crippen molar-refractivity contribution in [2.45, 2.75) is 18.3 Å². The fourth-order valence-electron chi connectivity index (χ4n) is 3.34. The van der Waals surface area contributed by atoms with Crippen molar-refractivity contribution in [2.75, 3.05) is 27.2 Å². The first-order valence-corrected chi connectivity index (χ1v) is 6.53. The van der Waals surface area contributed by atoms with Crippen LogP contribution in [0, 0.1) is 5.92 Å². The van der Waals surface area contributed by atoms with Crippen LogP contribution in [0.15, 0.2) is 24.3 Å². The molecular weight excluding hydrogens is 226 g/mol. The summed E-state index contributed by atoms with van der Waals surface area (Å²) in [5.41, 5.74) is 2.44. The first kappa shape index (κ1) is 11.7. The Hall–Kier alpha value is -1.35. The van der Waals surface area contributed by atoms with Gasteiger partial charge in [-0.05, 0) is 50.0 Å². The van der Waals surface area contributed by atoms with Gasteiger partial charge < -0.3 is 9.64 Å². The number of likely N-dealkylation sites (tertiary alicyclic amines) is 1. The summed E-state index contributed by atoms with van der Waals surface area (Å²) in [4.78, 5) is 13.8. The first-order chi connectivity index (χ1) is 8.65. The van der Waals surface area contributed by atoms with Gasteiger partial charge in [0.25, 0.3) is 0 Å². The minimum absolute atomic E-state index is 0.255. The lowest BCUT2D eigenvalue weighted by Gasteiger charge is -2.29. The quantitative estimate of drug-likeness (QED) is 0.747. The maximum absolute atomic E-state index is 11.4. The molecule has 3 nitrogen and oxygen atoms in total. The lowest BCUT2D eigenvalue weighted by molar-refractivity contribution is 0.0600. The van der Waals surface area contributed by atoms with Crippen LogP contribution in [0.2, 0.25) is 0 Å². The van der Waals surface area contributed by atoms with E-state index in [1.54, 1.807) is 0 Å². The Morgan fingerprint density at radius 2 is 2.11 bits per heavy atom. The van der Waals surface area contributed by atoms with E-state index in [2.05, 4.69) is 24.1 Å². The van der Waals surface area contributed by atoms with Crippen LogP contribution in [0.5, 0.6) is 0 Å². The number of benzene rings is 1. The maximum atomic E-state index is 11.4. The summed E-state index contributed by atoms with van der Waals surface area (Å²) in [5.74, 6) is 0.551. The average Bonchev–Trinajstić information content (AvgIpc) is 3.12. The van der Waals surface area contributed by atoms with Crippen molar-refractivity contribution < 1.29 is 9.53 Å². The molecule has 2 aliphatic rings. The Balaban J connectivity index is 1.80. The Morgan fingerprint density at radius 3 is 2.72 bits per heavy atom. The van der Waals surface area contributed by atoms with Crippen LogP contribution < -0.4 is 0 Å². The van der Waals surface area contributed by atoms with Crippen molar-refractivity contribution in [1.29, 1.82) is 0 Å². The molecule has 1 aliphatic heterocycles. The van der Waals surface area contributed by atoms with Gasteiger partial charge in [0.1, 0.15) is 0 Å². The molecule has 96 valence electrons. The highest BCUT2D eigenvalue weighted by Crippen LogP contribution is 2.58. The molecule has 1 heterocycles. The minimum Gasteiger partial charge on any atom is -0.465 e. The van der Waals surface area contributed by atoms with E-state index in [0.29, 0.717) is 11.0 Å². The fraction of sp³-hybridized carbons (Fsp3) is 0.533. The number of ether oxygens (including phenoxy) is 1. The zero-order valence-electron chi connectivity index (χ0n) is 11.0. The molecule has 1 aromatic rings. The largest absolute Gasteiger partial charge is 0.465 e. The molecule has 0 aromatic heterocycles. The number of hydrogen-bond donors (Lipinski definition) is 0. The number of fused-ring (bicyclic) bond motifs is 1. The van der Waals surface area contributed by atoms with Crippen molar-refractivity contribution in [3.63, 3.8) is 0 Å². The lowest BCUT2D eigenvalue weighted by Crippen LogP contribution is -2.33. The predicted octanol–water partition coefficient (Wildman–Crippen LogP) is 2.07. The number of carbonyl (C=O) groups is 1.